The average molecular weight is 572 g/mol. The van der Waals surface area contributed by atoms with Crippen LogP contribution < -0.4 is 14.8 Å². The number of aromatic nitrogens is 2. The molecule has 1 N–H and O–H groups in total. The van der Waals surface area contributed by atoms with E-state index in [1.165, 1.54) is 17.2 Å². The molecule has 6 rings (SSSR count). The van der Waals surface area contributed by atoms with Crippen molar-refractivity contribution in [2.75, 3.05) is 19.5 Å². The van der Waals surface area contributed by atoms with E-state index in [2.05, 4.69) is 21.4 Å². The van der Waals surface area contributed by atoms with Crippen LogP contribution in [0.15, 0.2) is 60.8 Å². The molecular weight excluding hydrogens is 540 g/mol. The van der Waals surface area contributed by atoms with E-state index in [4.69, 9.17) is 9.47 Å². The van der Waals surface area contributed by atoms with Gasteiger partial charge in [-0.3, -0.25) is 14.9 Å². The van der Waals surface area contributed by atoms with E-state index in [9.17, 15) is 18.4 Å². The van der Waals surface area contributed by atoms with Gasteiger partial charge in [0.15, 0.2) is 0 Å². The van der Waals surface area contributed by atoms with Crippen molar-refractivity contribution in [1.82, 2.24) is 9.97 Å². The van der Waals surface area contributed by atoms with Gasteiger partial charge in [-0.15, -0.1) is 0 Å². The van der Waals surface area contributed by atoms with E-state index in [1.807, 2.05) is 30.3 Å². The number of fused-ring (bicyclic) bond motifs is 4. The minimum atomic E-state index is -0.937. The number of aryl methyl sites for hydroxylation is 3. The van der Waals surface area contributed by atoms with E-state index >= 15 is 0 Å². The van der Waals surface area contributed by atoms with E-state index in [1.54, 1.807) is 20.4 Å². The van der Waals surface area contributed by atoms with Crippen molar-refractivity contribution in [3.63, 3.8) is 0 Å². The lowest BCUT2D eigenvalue weighted by Crippen LogP contribution is -2.18. The van der Waals surface area contributed by atoms with Gasteiger partial charge in [-0.05, 0) is 90.8 Å². The van der Waals surface area contributed by atoms with Crippen molar-refractivity contribution in [2.45, 2.75) is 44.9 Å². The van der Waals surface area contributed by atoms with Gasteiger partial charge in [-0.1, -0.05) is 18.2 Å². The molecule has 0 radical (unpaired) electrons. The number of hydrogen-bond donors (Lipinski definition) is 1. The Balaban J connectivity index is 0.000000211. The number of hydrogen-bond acceptors (Lipinski definition) is 6. The van der Waals surface area contributed by atoms with Crippen LogP contribution in [0.5, 0.6) is 11.5 Å². The number of ketones is 1. The molecule has 0 bridgehead atoms. The highest BCUT2D eigenvalue weighted by Crippen LogP contribution is 2.34. The molecule has 2 aliphatic rings. The zero-order valence-corrected chi connectivity index (χ0v) is 23.5. The van der Waals surface area contributed by atoms with Crippen LogP contribution in [0, 0.1) is 11.6 Å². The predicted molar refractivity (Wildman–Crippen MR) is 155 cm³/mol. The molecule has 1 heterocycles. The molecule has 7 nitrogen and oxygen atoms in total. The number of Topliss-reactive ketones (excluding diaryl/α,β-unsaturated/α-hetero) is 1. The molecule has 216 valence electrons. The summed E-state index contributed by atoms with van der Waals surface area (Å²) in [5, 5.41) is 2.39. The molecule has 0 atom stereocenters. The van der Waals surface area contributed by atoms with Gasteiger partial charge in [0.25, 0.3) is 5.91 Å². The highest BCUT2D eigenvalue weighted by atomic mass is 19.1. The molecule has 1 aromatic heterocycles. The summed E-state index contributed by atoms with van der Waals surface area (Å²) in [6, 6.07) is 15.2. The Hall–Kier alpha value is -4.66. The van der Waals surface area contributed by atoms with Gasteiger partial charge in [-0.2, -0.15) is 0 Å². The number of nitrogens with one attached hydrogen (secondary N) is 1. The Morgan fingerprint density at radius 2 is 1.48 bits per heavy atom. The minimum Gasteiger partial charge on any atom is -0.497 e. The number of benzene rings is 3. The van der Waals surface area contributed by atoms with Crippen LogP contribution in [0.4, 0.5) is 14.7 Å². The average Bonchev–Trinajstić information content (AvgIpc) is 3.28. The smallest absolute Gasteiger partial charge is 0.263 e. The summed E-state index contributed by atoms with van der Waals surface area (Å²) in [5.41, 5.74) is 5.59. The van der Waals surface area contributed by atoms with Crippen LogP contribution >= 0.6 is 0 Å². The van der Waals surface area contributed by atoms with Crippen LogP contribution in [0.25, 0.3) is 11.1 Å². The highest BCUT2D eigenvalue weighted by molar-refractivity contribution is 6.03. The van der Waals surface area contributed by atoms with Crippen LogP contribution in [0.2, 0.25) is 0 Å². The van der Waals surface area contributed by atoms with Crippen LogP contribution in [-0.4, -0.2) is 35.9 Å². The van der Waals surface area contributed by atoms with E-state index in [-0.39, 0.29) is 5.95 Å². The van der Waals surface area contributed by atoms with E-state index in [0.29, 0.717) is 18.6 Å². The lowest BCUT2D eigenvalue weighted by molar-refractivity contribution is -0.118. The number of methoxy groups -OCH3 is 2. The van der Waals surface area contributed by atoms with Gasteiger partial charge >= 0.3 is 0 Å². The summed E-state index contributed by atoms with van der Waals surface area (Å²) in [5.74, 6) is -0.861. The molecule has 2 aliphatic carbocycles. The molecule has 1 amide bonds. The van der Waals surface area contributed by atoms with Gasteiger partial charge in [0.1, 0.15) is 34.5 Å². The first-order valence-corrected chi connectivity index (χ1v) is 13.8. The highest BCUT2D eigenvalue weighted by Gasteiger charge is 2.21. The zero-order chi connectivity index (χ0) is 29.6. The third-order valence-electron chi connectivity index (χ3n) is 7.45. The first-order valence-electron chi connectivity index (χ1n) is 13.8. The van der Waals surface area contributed by atoms with Gasteiger partial charge in [0, 0.05) is 24.6 Å². The Kier molecular flexibility index (Phi) is 8.85. The largest absolute Gasteiger partial charge is 0.497 e. The molecule has 4 aromatic rings. The third-order valence-corrected chi connectivity index (χ3v) is 7.45. The number of carbonyl (C=O) groups excluding carboxylic acids is 2. The van der Waals surface area contributed by atoms with Crippen molar-refractivity contribution in [3.8, 4) is 22.6 Å². The maximum atomic E-state index is 13.8. The second-order valence-electron chi connectivity index (χ2n) is 10.2. The molecule has 3 aromatic carbocycles. The molecule has 0 unspecified atom stereocenters. The normalized spacial score (nSPS) is 13.7. The molecule has 0 saturated carbocycles. The number of amides is 1. The summed E-state index contributed by atoms with van der Waals surface area (Å²) < 4.78 is 38.1. The van der Waals surface area contributed by atoms with Crippen LogP contribution in [0.3, 0.4) is 0 Å². The maximum Gasteiger partial charge on any atom is 0.263 e. The standard InChI is InChI=1S/C21H17F2N3O2.C12H14O2/c1-28-13-9-8-12-4-2-7-18-15(14(12)10-13)11-24-21(25-18)26-20(27)19-16(22)5-3-6-17(19)23;1-14-12-6-5-9-3-2-4-11(13)7-10(9)8-12/h3,5-6,8-11H,2,4,7H2,1H3,(H,24,25,26,27);5-6,8H,2-4,7H2,1H3. The molecule has 0 fully saturated rings. The SMILES string of the molecule is COc1ccc2c(c1)-c1cnc(NC(=O)c3c(F)cccc3F)nc1CCC2.COc1ccc2c(c1)CC(=O)CCC2. The minimum absolute atomic E-state index is 0.0118. The number of rotatable bonds is 4. The fourth-order valence-electron chi connectivity index (χ4n) is 5.28. The summed E-state index contributed by atoms with van der Waals surface area (Å²) in [6.07, 6.45) is 7.40. The van der Waals surface area contributed by atoms with Crippen LogP contribution in [-0.2, 0) is 30.5 Å². The van der Waals surface area contributed by atoms with Crippen molar-refractivity contribution in [3.05, 3.63) is 100 Å². The molecule has 0 saturated heterocycles. The van der Waals surface area contributed by atoms with Gasteiger partial charge in [0.2, 0.25) is 5.95 Å². The lowest BCUT2D eigenvalue weighted by atomic mass is 10.00. The lowest BCUT2D eigenvalue weighted by Gasteiger charge is -2.12. The topological polar surface area (TPSA) is 90.4 Å². The van der Waals surface area contributed by atoms with E-state index in [0.717, 1.165) is 78.1 Å². The quantitative estimate of drug-likeness (QED) is 0.289. The van der Waals surface area contributed by atoms with Crippen molar-refractivity contribution < 1.29 is 27.8 Å². The van der Waals surface area contributed by atoms with E-state index < -0.39 is 23.1 Å². The molecule has 0 aliphatic heterocycles. The molecule has 9 heteroatoms. The number of nitrogens with zero attached hydrogens (tertiary/aromatic N) is 2. The Labute approximate surface area is 242 Å². The number of anilines is 1. The number of ether oxygens (including phenoxy) is 2. The molecular formula is C33H31F2N3O4. The van der Waals surface area contributed by atoms with Gasteiger partial charge in [0.05, 0.1) is 19.9 Å². The van der Waals surface area contributed by atoms with Gasteiger partial charge < -0.3 is 9.47 Å². The molecule has 42 heavy (non-hydrogen) atoms. The second kappa shape index (κ2) is 12.9. The maximum absolute atomic E-state index is 13.8. The summed E-state index contributed by atoms with van der Waals surface area (Å²) in [7, 11) is 3.26. The Bertz CT molecular complexity index is 1620. The summed E-state index contributed by atoms with van der Waals surface area (Å²) in [6.45, 7) is 0. The Morgan fingerprint density at radius 3 is 2.21 bits per heavy atom. The first kappa shape index (κ1) is 28.9. The summed E-state index contributed by atoms with van der Waals surface area (Å²) >= 11 is 0. The van der Waals surface area contributed by atoms with Crippen molar-refractivity contribution >= 4 is 17.6 Å². The van der Waals surface area contributed by atoms with Crippen LogP contribution in [0.1, 0.15) is 52.0 Å². The predicted octanol–water partition coefficient (Wildman–Crippen LogP) is 6.31. The third kappa shape index (κ3) is 6.46. The summed E-state index contributed by atoms with van der Waals surface area (Å²) in [4.78, 5) is 32.3. The zero-order valence-electron chi connectivity index (χ0n) is 23.5. The monoisotopic (exact) mass is 571 g/mol. The molecule has 0 spiro atoms. The van der Waals surface area contributed by atoms with Crippen molar-refractivity contribution in [2.24, 2.45) is 0 Å². The number of halogens is 2. The first-order chi connectivity index (χ1) is 20.4. The number of carbonyl (C=O) groups is 2. The van der Waals surface area contributed by atoms with Gasteiger partial charge in [-0.25, -0.2) is 18.7 Å². The second-order valence-corrected chi connectivity index (χ2v) is 10.2. The van der Waals surface area contributed by atoms with Crippen molar-refractivity contribution in [1.29, 1.82) is 0 Å². The Morgan fingerprint density at radius 1 is 0.810 bits per heavy atom. The fourth-order valence-corrected chi connectivity index (χ4v) is 5.28. The fraction of sp³-hybridized carbons (Fsp3) is 0.273.